The average molecular weight is 472 g/mol. The van der Waals surface area contributed by atoms with Crippen LogP contribution in [0.15, 0.2) is 30.3 Å². The largest absolute Gasteiger partial charge is 0.481 e. The number of hydrogen-bond donors (Lipinski definition) is 0. The maximum atomic E-state index is 12.7. The fourth-order valence-electron chi connectivity index (χ4n) is 2.55. The van der Waals surface area contributed by atoms with Crippen molar-refractivity contribution in [3.8, 4) is 5.75 Å². The van der Waals surface area contributed by atoms with Crippen LogP contribution in [0, 0.1) is 0 Å². The maximum Gasteiger partial charge on any atom is 0.261 e. The van der Waals surface area contributed by atoms with Gasteiger partial charge < -0.3 is 9.64 Å². The zero-order chi connectivity index (χ0) is 18.8. The first-order valence-corrected chi connectivity index (χ1v) is 10.4. The van der Waals surface area contributed by atoms with Crippen molar-refractivity contribution in [2.45, 2.75) is 5.37 Å². The summed E-state index contributed by atoms with van der Waals surface area (Å²) in [5.41, 5.74) is 0.915. The zero-order valence-corrected chi connectivity index (χ0v) is 17.7. The van der Waals surface area contributed by atoms with E-state index >= 15 is 0 Å². The Morgan fingerprint density at radius 3 is 2.38 bits per heavy atom. The fraction of sp³-hybridized carbons (Fsp3) is 0.235. The molecule has 0 N–H and O–H groups in total. The van der Waals surface area contributed by atoms with Crippen molar-refractivity contribution in [2.24, 2.45) is 0 Å². The Bertz CT molecular complexity index is 825. The molecule has 26 heavy (non-hydrogen) atoms. The van der Waals surface area contributed by atoms with Gasteiger partial charge in [0.25, 0.3) is 5.91 Å². The molecule has 2 aromatic rings. The molecule has 1 atom stereocenters. The molecule has 0 aliphatic carbocycles. The number of rotatable bonds is 4. The molecule has 9 heteroatoms. The van der Waals surface area contributed by atoms with Crippen molar-refractivity contribution in [1.29, 1.82) is 0 Å². The third-order valence-corrected chi connectivity index (χ3v) is 6.52. The molecule has 1 heterocycles. The number of amides is 1. The predicted molar refractivity (Wildman–Crippen MR) is 110 cm³/mol. The lowest BCUT2D eigenvalue weighted by Crippen LogP contribution is -2.34. The summed E-state index contributed by atoms with van der Waals surface area (Å²) >= 11 is 31.8. The van der Waals surface area contributed by atoms with E-state index in [0.717, 1.165) is 11.3 Å². The first-order chi connectivity index (χ1) is 12.4. The first-order valence-electron chi connectivity index (χ1n) is 7.50. The van der Waals surface area contributed by atoms with Crippen molar-refractivity contribution in [3.05, 3.63) is 61.0 Å². The Balaban J connectivity index is 1.72. The van der Waals surface area contributed by atoms with Crippen molar-refractivity contribution >= 4 is 75.7 Å². The van der Waals surface area contributed by atoms with E-state index in [1.54, 1.807) is 28.8 Å². The minimum absolute atomic E-state index is 0.142. The third kappa shape index (κ3) is 4.49. The van der Waals surface area contributed by atoms with Gasteiger partial charge in [0.2, 0.25) is 0 Å². The molecule has 138 valence electrons. The van der Waals surface area contributed by atoms with Crippen LogP contribution < -0.4 is 4.74 Å². The molecule has 1 amide bonds. The molecule has 0 radical (unpaired) electrons. The van der Waals surface area contributed by atoms with Gasteiger partial charge in [0.1, 0.15) is 5.37 Å². The highest BCUT2D eigenvalue weighted by molar-refractivity contribution is 7.99. The number of ether oxygens (including phenoxy) is 1. The second-order valence-electron chi connectivity index (χ2n) is 5.47. The summed E-state index contributed by atoms with van der Waals surface area (Å²) in [5, 5.41) is 1.71. The molecule has 3 nitrogen and oxygen atoms in total. The summed E-state index contributed by atoms with van der Waals surface area (Å²) in [6.07, 6.45) is 0. The van der Waals surface area contributed by atoms with Crippen LogP contribution in [0.5, 0.6) is 5.75 Å². The van der Waals surface area contributed by atoms with Crippen LogP contribution in [0.3, 0.4) is 0 Å². The van der Waals surface area contributed by atoms with Crippen LogP contribution in [0.25, 0.3) is 0 Å². The monoisotopic (exact) mass is 469 g/mol. The van der Waals surface area contributed by atoms with E-state index in [4.69, 9.17) is 62.7 Å². The van der Waals surface area contributed by atoms with Crippen molar-refractivity contribution < 1.29 is 9.53 Å². The number of benzene rings is 2. The van der Waals surface area contributed by atoms with Crippen LogP contribution in [-0.4, -0.2) is 29.7 Å². The zero-order valence-electron chi connectivity index (χ0n) is 13.1. The molecule has 1 aliphatic heterocycles. The molecule has 1 saturated heterocycles. The van der Waals surface area contributed by atoms with Gasteiger partial charge in [-0.2, -0.15) is 0 Å². The molecule has 1 fully saturated rings. The van der Waals surface area contributed by atoms with Gasteiger partial charge in [0.15, 0.2) is 12.4 Å². The van der Waals surface area contributed by atoms with Gasteiger partial charge in [0.05, 0.1) is 20.1 Å². The first kappa shape index (κ1) is 20.2. The Kier molecular flexibility index (Phi) is 6.76. The summed E-state index contributed by atoms with van der Waals surface area (Å²) in [4.78, 5) is 14.4. The van der Waals surface area contributed by atoms with Crippen LogP contribution in [0.4, 0.5) is 0 Å². The van der Waals surface area contributed by atoms with Gasteiger partial charge in [0, 0.05) is 17.3 Å². The lowest BCUT2D eigenvalue weighted by atomic mass is 10.2. The number of carbonyl (C=O) groups excluding carboxylic acids is 1. The minimum Gasteiger partial charge on any atom is -0.481 e. The van der Waals surface area contributed by atoms with Crippen LogP contribution in [-0.2, 0) is 4.79 Å². The standard InChI is InChI=1S/C17H12Cl5NO2S/c18-10-6-13(21)16(14(22)7-10)25-8-15(24)23-3-4-26-17(23)9-1-2-11(19)12(20)5-9/h1-2,5-7,17H,3-4,8H2/t17-/m0/s1. The highest BCUT2D eigenvalue weighted by Crippen LogP contribution is 2.40. The summed E-state index contributed by atoms with van der Waals surface area (Å²) in [7, 11) is 0. The summed E-state index contributed by atoms with van der Waals surface area (Å²) in [5.74, 6) is 0.885. The lowest BCUT2D eigenvalue weighted by Gasteiger charge is -2.24. The Morgan fingerprint density at radius 2 is 1.73 bits per heavy atom. The summed E-state index contributed by atoms with van der Waals surface area (Å²) in [6.45, 7) is 0.430. The van der Waals surface area contributed by atoms with E-state index in [1.807, 2.05) is 6.07 Å². The van der Waals surface area contributed by atoms with E-state index in [1.165, 1.54) is 12.1 Å². The van der Waals surface area contributed by atoms with E-state index in [0.29, 0.717) is 21.6 Å². The molecule has 0 saturated carbocycles. The lowest BCUT2D eigenvalue weighted by molar-refractivity contribution is -0.133. The Labute approximate surface area is 180 Å². The maximum absolute atomic E-state index is 12.7. The number of halogens is 5. The Morgan fingerprint density at radius 1 is 1.04 bits per heavy atom. The molecular formula is C17H12Cl5NO2S. The third-order valence-electron chi connectivity index (χ3n) is 3.74. The van der Waals surface area contributed by atoms with Gasteiger partial charge in [-0.05, 0) is 29.8 Å². The molecular weight excluding hydrogens is 460 g/mol. The summed E-state index contributed by atoms with van der Waals surface area (Å²) < 4.78 is 5.55. The van der Waals surface area contributed by atoms with E-state index in [2.05, 4.69) is 0 Å². The predicted octanol–water partition coefficient (Wildman–Crippen LogP) is 6.61. The topological polar surface area (TPSA) is 29.5 Å². The van der Waals surface area contributed by atoms with Crippen molar-refractivity contribution in [3.63, 3.8) is 0 Å². The van der Waals surface area contributed by atoms with Crippen molar-refractivity contribution in [1.82, 2.24) is 4.90 Å². The molecule has 1 aliphatic rings. The van der Waals surface area contributed by atoms with E-state index < -0.39 is 0 Å². The molecule has 2 aromatic carbocycles. The second-order valence-corrected chi connectivity index (χ2v) is 8.72. The average Bonchev–Trinajstić information content (AvgIpc) is 3.06. The van der Waals surface area contributed by atoms with Gasteiger partial charge in [-0.1, -0.05) is 64.1 Å². The number of thioether (sulfide) groups is 1. The second kappa shape index (κ2) is 8.68. The van der Waals surface area contributed by atoms with Crippen LogP contribution >= 0.6 is 69.8 Å². The number of nitrogens with zero attached hydrogens (tertiary/aromatic N) is 1. The highest BCUT2D eigenvalue weighted by Gasteiger charge is 2.31. The van der Waals surface area contributed by atoms with E-state index in [-0.39, 0.29) is 33.7 Å². The Hall–Kier alpha value is -0.490. The number of hydrogen-bond acceptors (Lipinski definition) is 3. The molecule has 3 rings (SSSR count). The van der Waals surface area contributed by atoms with Gasteiger partial charge in [-0.15, -0.1) is 11.8 Å². The molecule has 0 bridgehead atoms. The smallest absolute Gasteiger partial charge is 0.261 e. The molecule has 0 spiro atoms. The van der Waals surface area contributed by atoms with E-state index in [9.17, 15) is 4.79 Å². The van der Waals surface area contributed by atoms with Gasteiger partial charge >= 0.3 is 0 Å². The molecule has 0 aromatic heterocycles. The van der Waals surface area contributed by atoms with Crippen LogP contribution in [0.2, 0.25) is 25.1 Å². The van der Waals surface area contributed by atoms with Gasteiger partial charge in [-0.3, -0.25) is 4.79 Å². The highest BCUT2D eigenvalue weighted by atomic mass is 35.5. The van der Waals surface area contributed by atoms with Gasteiger partial charge in [-0.25, -0.2) is 0 Å². The number of carbonyl (C=O) groups is 1. The minimum atomic E-state index is -0.181. The summed E-state index contributed by atoms with van der Waals surface area (Å²) in [6, 6.07) is 8.40. The quantitative estimate of drug-likeness (QED) is 0.503. The normalized spacial score (nSPS) is 16.8. The SMILES string of the molecule is O=C(COc1c(Cl)cc(Cl)cc1Cl)N1CCS[C@H]1c1ccc(Cl)c(Cl)c1. The molecule has 0 unspecified atom stereocenters. The van der Waals surface area contributed by atoms with Crippen LogP contribution in [0.1, 0.15) is 10.9 Å². The van der Waals surface area contributed by atoms with Crippen molar-refractivity contribution in [2.75, 3.05) is 18.9 Å². The fourth-order valence-corrected chi connectivity index (χ4v) is 5.05.